The minimum Gasteiger partial charge on any atom is -0.462 e. The summed E-state index contributed by atoms with van der Waals surface area (Å²) in [5, 5.41) is 31.0. The fourth-order valence-electron chi connectivity index (χ4n) is 7.44. The number of aliphatic hydroxyl groups excluding tert-OH is 3. The molecule has 0 spiro atoms. The highest BCUT2D eigenvalue weighted by Gasteiger charge is 2.46. The Bertz CT molecular complexity index is 1570. The van der Waals surface area contributed by atoms with E-state index in [-0.39, 0.29) is 19.4 Å². The van der Waals surface area contributed by atoms with Gasteiger partial charge in [0.25, 0.3) is 10.1 Å². The number of rotatable bonds is 43. The zero-order valence-electron chi connectivity index (χ0n) is 41.9. The molecule has 1 fully saturated rings. The van der Waals surface area contributed by atoms with E-state index in [2.05, 4.69) is 86.8 Å². The Hall–Kier alpha value is -3.17. The summed E-state index contributed by atoms with van der Waals surface area (Å²) in [5.41, 5.74) is 0. The van der Waals surface area contributed by atoms with Gasteiger partial charge in [0.15, 0.2) is 12.4 Å². The minimum absolute atomic E-state index is 0.0737. The van der Waals surface area contributed by atoms with Crippen LogP contribution in [-0.4, -0.2) is 96.0 Å². The molecule has 0 aromatic heterocycles. The quantitative estimate of drug-likeness (QED) is 0.0196. The fraction of sp³-hybridized carbons (Fsp3) is 0.709. The summed E-state index contributed by atoms with van der Waals surface area (Å²) in [7, 11) is -4.62. The predicted molar refractivity (Wildman–Crippen MR) is 274 cm³/mol. The molecule has 0 radical (unpaired) electrons. The normalized spacial score (nSPS) is 19.9. The van der Waals surface area contributed by atoms with Gasteiger partial charge in [-0.05, 0) is 83.5 Å². The maximum atomic E-state index is 12.8. The van der Waals surface area contributed by atoms with Gasteiger partial charge in [-0.25, -0.2) is 0 Å². The number of ether oxygens (including phenoxy) is 4. The molecule has 0 bridgehead atoms. The zero-order chi connectivity index (χ0) is 49.8. The molecule has 0 saturated carbocycles. The standard InChI is InChI=1S/C55H92O12S/c1-3-5-7-9-11-13-15-17-19-21-22-23-24-25-26-28-29-31-33-35-37-39-41-43-50(56)64-45-48(46-65-55-54(60)53(59)52(58)49(67-55)47-68(61,62)63)66-51(57)44-42-40-38-36-34-32-30-27-20-18-16-14-12-10-8-6-4-2/h6,8,12,14,18,20,28-30,32,35-38,48-49,52-55,58-60H,3-5,7,9-11,13,15-17,19,21-27,31,33-34,39-47H2,1-2H3,(H,61,62,63)/b8-6+,14-12+,20-18+,29-28+,32-30+,37-35+,38-36+/t48-,49-,52-,53?,54?,55+/m1/s1. The van der Waals surface area contributed by atoms with Crippen LogP contribution in [0.15, 0.2) is 85.1 Å². The molecule has 1 rings (SSSR count). The van der Waals surface area contributed by atoms with Gasteiger partial charge in [0.1, 0.15) is 36.8 Å². The van der Waals surface area contributed by atoms with E-state index in [4.69, 9.17) is 18.9 Å². The largest absolute Gasteiger partial charge is 0.462 e. The van der Waals surface area contributed by atoms with Crippen LogP contribution in [0, 0.1) is 0 Å². The zero-order valence-corrected chi connectivity index (χ0v) is 42.7. The molecule has 0 amide bonds. The van der Waals surface area contributed by atoms with E-state index in [1.165, 1.54) is 89.9 Å². The second-order valence-corrected chi connectivity index (χ2v) is 19.3. The first-order chi connectivity index (χ1) is 33.0. The Morgan fingerprint density at radius 3 is 1.44 bits per heavy atom. The number of hydrogen-bond donors (Lipinski definition) is 4. The molecule has 68 heavy (non-hydrogen) atoms. The second kappa shape index (κ2) is 43.8. The summed E-state index contributed by atoms with van der Waals surface area (Å²) in [6, 6.07) is 0. The number of carbonyl (C=O) groups is 2. The first kappa shape index (κ1) is 62.8. The van der Waals surface area contributed by atoms with Crippen molar-refractivity contribution in [3.63, 3.8) is 0 Å². The summed E-state index contributed by atoms with van der Waals surface area (Å²) in [4.78, 5) is 25.5. The second-order valence-electron chi connectivity index (χ2n) is 17.8. The molecule has 1 aliphatic heterocycles. The molecule has 4 N–H and O–H groups in total. The van der Waals surface area contributed by atoms with Crippen molar-refractivity contribution in [1.29, 1.82) is 0 Å². The Morgan fingerprint density at radius 1 is 0.515 bits per heavy atom. The Morgan fingerprint density at radius 2 is 0.941 bits per heavy atom. The molecule has 6 atom stereocenters. The highest BCUT2D eigenvalue weighted by Crippen LogP contribution is 2.24. The fourth-order valence-corrected chi connectivity index (χ4v) is 8.13. The summed E-state index contributed by atoms with van der Waals surface area (Å²) in [6.07, 6.45) is 49.3. The molecule has 0 aromatic rings. The van der Waals surface area contributed by atoms with Crippen LogP contribution in [-0.2, 0) is 38.7 Å². The van der Waals surface area contributed by atoms with Crippen molar-refractivity contribution in [3.05, 3.63) is 85.1 Å². The Labute approximate surface area is 411 Å². The molecular formula is C55H92O12S. The van der Waals surface area contributed by atoms with E-state index in [0.29, 0.717) is 25.7 Å². The van der Waals surface area contributed by atoms with Gasteiger partial charge < -0.3 is 34.3 Å². The lowest BCUT2D eigenvalue weighted by Crippen LogP contribution is -2.60. The van der Waals surface area contributed by atoms with Gasteiger partial charge in [0.2, 0.25) is 0 Å². The third kappa shape index (κ3) is 37.7. The van der Waals surface area contributed by atoms with Crippen molar-refractivity contribution < 1.29 is 56.8 Å². The average molecular weight is 977 g/mol. The van der Waals surface area contributed by atoms with Crippen molar-refractivity contribution in [3.8, 4) is 0 Å². The molecule has 2 unspecified atom stereocenters. The number of allylic oxidation sites excluding steroid dienone is 14. The van der Waals surface area contributed by atoms with Gasteiger partial charge in [0, 0.05) is 12.8 Å². The highest BCUT2D eigenvalue weighted by atomic mass is 32.2. The van der Waals surface area contributed by atoms with Crippen molar-refractivity contribution in [1.82, 2.24) is 0 Å². The van der Waals surface area contributed by atoms with Crippen LogP contribution < -0.4 is 0 Å². The van der Waals surface area contributed by atoms with E-state index >= 15 is 0 Å². The topological polar surface area (TPSA) is 186 Å². The molecule has 13 heteroatoms. The minimum atomic E-state index is -4.62. The smallest absolute Gasteiger partial charge is 0.306 e. The van der Waals surface area contributed by atoms with Crippen molar-refractivity contribution in [2.75, 3.05) is 19.0 Å². The molecule has 12 nitrogen and oxygen atoms in total. The maximum absolute atomic E-state index is 12.8. The van der Waals surface area contributed by atoms with Gasteiger partial charge >= 0.3 is 11.9 Å². The van der Waals surface area contributed by atoms with Gasteiger partial charge in [-0.3, -0.25) is 14.1 Å². The molecule has 1 saturated heterocycles. The van der Waals surface area contributed by atoms with Gasteiger partial charge in [-0.15, -0.1) is 0 Å². The van der Waals surface area contributed by atoms with Gasteiger partial charge in [-0.1, -0.05) is 182 Å². The van der Waals surface area contributed by atoms with Crippen LogP contribution in [0.3, 0.4) is 0 Å². The number of carbonyl (C=O) groups excluding carboxylic acids is 2. The molecular weight excluding hydrogens is 885 g/mol. The van der Waals surface area contributed by atoms with Gasteiger partial charge in [0.05, 0.1) is 6.61 Å². The lowest BCUT2D eigenvalue weighted by atomic mass is 10.00. The van der Waals surface area contributed by atoms with Crippen LogP contribution in [0.2, 0.25) is 0 Å². The Kier molecular flexibility index (Phi) is 40.5. The van der Waals surface area contributed by atoms with E-state index in [1.807, 2.05) is 12.2 Å². The van der Waals surface area contributed by atoms with E-state index in [9.17, 15) is 37.9 Å². The number of unbranched alkanes of at least 4 members (excludes halogenated alkanes) is 17. The van der Waals surface area contributed by atoms with Crippen LogP contribution in [0.25, 0.3) is 0 Å². The Balaban J connectivity index is 2.42. The van der Waals surface area contributed by atoms with Gasteiger partial charge in [-0.2, -0.15) is 8.42 Å². The average Bonchev–Trinajstić information content (AvgIpc) is 3.31. The molecule has 0 aliphatic carbocycles. The summed E-state index contributed by atoms with van der Waals surface area (Å²) in [5.74, 6) is -2.12. The first-order valence-electron chi connectivity index (χ1n) is 26.1. The lowest BCUT2D eigenvalue weighted by Gasteiger charge is -2.40. The number of aliphatic hydroxyl groups is 3. The highest BCUT2D eigenvalue weighted by molar-refractivity contribution is 7.85. The van der Waals surface area contributed by atoms with Crippen LogP contribution in [0.5, 0.6) is 0 Å². The predicted octanol–water partition coefficient (Wildman–Crippen LogP) is 12.0. The molecule has 1 aliphatic rings. The van der Waals surface area contributed by atoms with E-state index < -0.39 is 71.2 Å². The summed E-state index contributed by atoms with van der Waals surface area (Å²) >= 11 is 0. The van der Waals surface area contributed by atoms with Crippen LogP contribution >= 0.6 is 0 Å². The number of esters is 2. The summed E-state index contributed by atoms with van der Waals surface area (Å²) in [6.45, 7) is 3.58. The molecule has 390 valence electrons. The molecule has 1 heterocycles. The third-order valence-electron chi connectivity index (χ3n) is 11.4. The van der Waals surface area contributed by atoms with Crippen molar-refractivity contribution in [2.24, 2.45) is 0 Å². The SMILES string of the molecule is CC/C=C/C/C=C/C/C=C/C/C=C/C/C=C/CCCC(=O)O[C@H](COC(=O)CCC/C=C/CC/C=C/CCCCCCCCCCCCCCCC)CO[C@H]1O[C@H](CS(=O)(=O)O)[C@@H](O)C(O)C1O. The van der Waals surface area contributed by atoms with E-state index in [0.717, 1.165) is 51.4 Å². The van der Waals surface area contributed by atoms with Crippen LogP contribution in [0.1, 0.15) is 194 Å². The van der Waals surface area contributed by atoms with Crippen LogP contribution in [0.4, 0.5) is 0 Å². The third-order valence-corrected chi connectivity index (χ3v) is 12.2. The monoisotopic (exact) mass is 977 g/mol. The lowest BCUT2D eigenvalue weighted by molar-refractivity contribution is -0.297. The van der Waals surface area contributed by atoms with E-state index in [1.54, 1.807) is 0 Å². The van der Waals surface area contributed by atoms with Crippen molar-refractivity contribution >= 4 is 22.1 Å². The molecule has 0 aromatic carbocycles. The number of hydrogen-bond acceptors (Lipinski definition) is 11. The maximum Gasteiger partial charge on any atom is 0.306 e. The first-order valence-corrected chi connectivity index (χ1v) is 27.8. The summed E-state index contributed by atoms with van der Waals surface area (Å²) < 4.78 is 54.1. The van der Waals surface area contributed by atoms with Crippen molar-refractivity contribution in [2.45, 2.75) is 230 Å².